The van der Waals surface area contributed by atoms with Crippen LogP contribution in [0.5, 0.6) is 0 Å². The molecule has 1 atom stereocenters. The van der Waals surface area contributed by atoms with E-state index in [9.17, 15) is 0 Å². The Labute approximate surface area is 130 Å². The highest BCUT2D eigenvalue weighted by molar-refractivity contribution is 7.12. The summed E-state index contributed by atoms with van der Waals surface area (Å²) in [5.74, 6) is 0.615. The summed E-state index contributed by atoms with van der Waals surface area (Å²) in [5.41, 5.74) is 4.29. The fourth-order valence-corrected chi connectivity index (χ4v) is 5.16. The minimum atomic E-state index is 0.220. The van der Waals surface area contributed by atoms with Crippen molar-refractivity contribution in [3.63, 3.8) is 0 Å². The Balaban J connectivity index is 1.79. The molecule has 1 N–H and O–H groups in total. The van der Waals surface area contributed by atoms with E-state index in [1.807, 2.05) is 11.3 Å². The van der Waals surface area contributed by atoms with E-state index in [0.717, 1.165) is 19.5 Å². The van der Waals surface area contributed by atoms with Gasteiger partial charge in [0.25, 0.3) is 0 Å². The number of nitrogens with one attached hydrogen (secondary N) is 1. The van der Waals surface area contributed by atoms with Gasteiger partial charge in [-0.05, 0) is 36.8 Å². The Morgan fingerprint density at radius 2 is 2.14 bits per heavy atom. The zero-order valence-corrected chi connectivity index (χ0v) is 13.6. The predicted molar refractivity (Wildman–Crippen MR) is 89.1 cm³/mol. The number of hydrogen-bond donors (Lipinski definition) is 1. The molecule has 1 aliphatic carbocycles. The van der Waals surface area contributed by atoms with Gasteiger partial charge in [0.2, 0.25) is 0 Å². The van der Waals surface area contributed by atoms with E-state index in [0.29, 0.717) is 5.92 Å². The van der Waals surface area contributed by atoms with E-state index in [1.165, 1.54) is 39.5 Å². The fourth-order valence-electron chi connectivity index (χ4n) is 3.71. The Morgan fingerprint density at radius 3 is 2.95 bits per heavy atom. The van der Waals surface area contributed by atoms with Crippen molar-refractivity contribution in [1.82, 2.24) is 10.3 Å². The van der Waals surface area contributed by atoms with E-state index in [1.54, 1.807) is 0 Å². The van der Waals surface area contributed by atoms with Crippen LogP contribution in [0.25, 0.3) is 11.3 Å². The number of piperidine rings is 1. The molecule has 2 aliphatic rings. The maximum absolute atomic E-state index is 5.06. The van der Waals surface area contributed by atoms with Gasteiger partial charge in [-0.15, -0.1) is 11.3 Å². The monoisotopic (exact) mass is 298 g/mol. The maximum atomic E-state index is 5.06. The first-order chi connectivity index (χ1) is 10.1. The van der Waals surface area contributed by atoms with Crippen LogP contribution in [-0.2, 0) is 11.8 Å². The average molecular weight is 298 g/mol. The molecule has 4 rings (SSSR count). The smallest absolute Gasteiger partial charge is 0.0979 e. The van der Waals surface area contributed by atoms with Crippen LogP contribution < -0.4 is 5.32 Å². The highest BCUT2D eigenvalue weighted by Gasteiger charge is 2.34. The van der Waals surface area contributed by atoms with Gasteiger partial charge >= 0.3 is 0 Å². The molecule has 2 aromatic rings. The average Bonchev–Trinajstić information content (AvgIpc) is 2.91. The minimum Gasteiger partial charge on any atom is -0.316 e. The van der Waals surface area contributed by atoms with Crippen molar-refractivity contribution in [3.05, 3.63) is 39.7 Å². The van der Waals surface area contributed by atoms with Crippen LogP contribution in [0.15, 0.2) is 24.3 Å². The van der Waals surface area contributed by atoms with Gasteiger partial charge in [-0.25, -0.2) is 4.98 Å². The second-order valence-corrected chi connectivity index (χ2v) is 8.09. The molecule has 0 spiro atoms. The molecule has 21 heavy (non-hydrogen) atoms. The van der Waals surface area contributed by atoms with Crippen LogP contribution in [0.1, 0.15) is 48.1 Å². The Bertz CT molecular complexity index is 666. The first-order valence-corrected chi connectivity index (χ1v) is 8.77. The fraction of sp³-hybridized carbons (Fsp3) is 0.500. The van der Waals surface area contributed by atoms with Crippen LogP contribution >= 0.6 is 11.3 Å². The third-order valence-corrected chi connectivity index (χ3v) is 6.09. The van der Waals surface area contributed by atoms with Gasteiger partial charge < -0.3 is 5.32 Å². The summed E-state index contributed by atoms with van der Waals surface area (Å²) in [6.45, 7) is 6.97. The molecule has 2 nitrogen and oxygen atoms in total. The summed E-state index contributed by atoms with van der Waals surface area (Å²) < 4.78 is 0. The molecular weight excluding hydrogens is 276 g/mol. The Morgan fingerprint density at radius 1 is 1.29 bits per heavy atom. The summed E-state index contributed by atoms with van der Waals surface area (Å²) in [6, 6.07) is 8.83. The third kappa shape index (κ3) is 2.23. The van der Waals surface area contributed by atoms with Crippen LogP contribution in [0.2, 0.25) is 0 Å². The highest BCUT2D eigenvalue weighted by Crippen LogP contribution is 2.45. The quantitative estimate of drug-likeness (QED) is 0.857. The standard InChI is InChI=1S/C18H22N2S/c1-18(2)10-15-16(13-7-3-4-8-14(13)18)20-17(21-15)12-6-5-9-19-11-12/h3-4,7-8,12,19H,5-6,9-11H2,1-2H3. The predicted octanol–water partition coefficient (Wildman–Crippen LogP) is 4.11. The maximum Gasteiger partial charge on any atom is 0.0979 e. The molecule has 2 heterocycles. The third-order valence-electron chi connectivity index (χ3n) is 4.87. The number of nitrogens with zero attached hydrogens (tertiary/aromatic N) is 1. The van der Waals surface area contributed by atoms with Gasteiger partial charge in [-0.2, -0.15) is 0 Å². The van der Waals surface area contributed by atoms with Crippen LogP contribution in [-0.4, -0.2) is 18.1 Å². The molecular formula is C18H22N2S. The normalized spacial score (nSPS) is 23.4. The lowest BCUT2D eigenvalue weighted by Crippen LogP contribution is -2.28. The van der Waals surface area contributed by atoms with E-state index >= 15 is 0 Å². The molecule has 0 amide bonds. The summed E-state index contributed by atoms with van der Waals surface area (Å²) in [4.78, 5) is 6.55. The number of rotatable bonds is 1. The molecule has 1 aliphatic heterocycles. The van der Waals surface area contributed by atoms with Gasteiger partial charge in [-0.3, -0.25) is 0 Å². The Kier molecular flexibility index (Phi) is 3.16. The molecule has 0 bridgehead atoms. The zero-order chi connectivity index (χ0) is 14.4. The topological polar surface area (TPSA) is 24.9 Å². The van der Waals surface area contributed by atoms with Crippen molar-refractivity contribution in [1.29, 1.82) is 0 Å². The van der Waals surface area contributed by atoms with Crippen LogP contribution in [0.3, 0.4) is 0 Å². The molecule has 3 heteroatoms. The van der Waals surface area contributed by atoms with Gasteiger partial charge in [0.05, 0.1) is 10.7 Å². The number of thiazole rings is 1. The van der Waals surface area contributed by atoms with E-state index in [4.69, 9.17) is 4.98 Å². The molecule has 1 unspecified atom stereocenters. The number of hydrogen-bond acceptors (Lipinski definition) is 3. The Hall–Kier alpha value is -1.19. The zero-order valence-electron chi connectivity index (χ0n) is 12.8. The number of aromatic nitrogens is 1. The van der Waals surface area contributed by atoms with Crippen molar-refractivity contribution in [2.45, 2.75) is 44.4 Å². The lowest BCUT2D eigenvalue weighted by molar-refractivity contribution is 0.460. The van der Waals surface area contributed by atoms with E-state index < -0.39 is 0 Å². The lowest BCUT2D eigenvalue weighted by atomic mass is 9.74. The second-order valence-electron chi connectivity index (χ2n) is 6.97. The number of fused-ring (bicyclic) bond motifs is 3. The van der Waals surface area contributed by atoms with Crippen LogP contribution in [0, 0.1) is 0 Å². The lowest BCUT2D eigenvalue weighted by Gasteiger charge is -2.31. The molecule has 1 aromatic carbocycles. The largest absolute Gasteiger partial charge is 0.316 e. The van der Waals surface area contributed by atoms with Crippen molar-refractivity contribution < 1.29 is 0 Å². The number of benzene rings is 1. The first-order valence-electron chi connectivity index (χ1n) is 7.95. The van der Waals surface area contributed by atoms with Gasteiger partial charge in [0.15, 0.2) is 0 Å². The second kappa shape index (κ2) is 4.92. The molecule has 0 radical (unpaired) electrons. The van der Waals surface area contributed by atoms with Crippen LogP contribution in [0.4, 0.5) is 0 Å². The van der Waals surface area contributed by atoms with Gasteiger partial charge in [0.1, 0.15) is 0 Å². The summed E-state index contributed by atoms with van der Waals surface area (Å²) in [5, 5.41) is 4.86. The van der Waals surface area contributed by atoms with Crippen molar-refractivity contribution in [2.24, 2.45) is 0 Å². The molecule has 1 aromatic heterocycles. The SMILES string of the molecule is CC1(C)Cc2sc(C3CCCNC3)nc2-c2ccccc21. The summed E-state index contributed by atoms with van der Waals surface area (Å²) in [7, 11) is 0. The highest BCUT2D eigenvalue weighted by atomic mass is 32.1. The molecule has 0 saturated carbocycles. The van der Waals surface area contributed by atoms with Crippen molar-refractivity contribution >= 4 is 11.3 Å². The first kappa shape index (κ1) is 13.5. The van der Waals surface area contributed by atoms with Crippen molar-refractivity contribution in [2.75, 3.05) is 13.1 Å². The van der Waals surface area contributed by atoms with Crippen molar-refractivity contribution in [3.8, 4) is 11.3 Å². The summed E-state index contributed by atoms with van der Waals surface area (Å²) in [6.07, 6.45) is 3.68. The van der Waals surface area contributed by atoms with E-state index in [-0.39, 0.29) is 5.41 Å². The molecule has 1 saturated heterocycles. The molecule has 1 fully saturated rings. The molecule has 110 valence electrons. The minimum absolute atomic E-state index is 0.220. The van der Waals surface area contributed by atoms with Gasteiger partial charge in [0, 0.05) is 22.9 Å². The van der Waals surface area contributed by atoms with E-state index in [2.05, 4.69) is 43.4 Å². The van der Waals surface area contributed by atoms with Gasteiger partial charge in [-0.1, -0.05) is 38.1 Å². The summed E-state index contributed by atoms with van der Waals surface area (Å²) >= 11 is 1.96.